The Morgan fingerprint density at radius 1 is 1.52 bits per heavy atom. The largest absolute Gasteiger partial charge is 0.325 e. The van der Waals surface area contributed by atoms with Gasteiger partial charge in [-0.1, -0.05) is 13.0 Å². The molecule has 0 heterocycles. The topological polar surface area (TPSA) is 56.1 Å². The van der Waals surface area contributed by atoms with Crippen LogP contribution in [0.2, 0.25) is 0 Å². The first-order chi connectivity index (χ1) is 10.0. The SMILES string of the molecule is CCC(CSC)N(C)C(C)C(=O)Nc1cccc(C#N)c1. The fraction of sp³-hybridized carbons (Fsp3) is 0.500. The van der Waals surface area contributed by atoms with Crippen molar-refractivity contribution in [2.75, 3.05) is 24.4 Å². The molecule has 4 nitrogen and oxygen atoms in total. The molecule has 0 spiro atoms. The van der Waals surface area contributed by atoms with E-state index in [1.54, 1.807) is 36.0 Å². The maximum absolute atomic E-state index is 12.3. The molecule has 2 atom stereocenters. The van der Waals surface area contributed by atoms with Gasteiger partial charge in [0.2, 0.25) is 5.91 Å². The lowest BCUT2D eigenvalue weighted by Gasteiger charge is -2.31. The smallest absolute Gasteiger partial charge is 0.241 e. The maximum Gasteiger partial charge on any atom is 0.241 e. The van der Waals surface area contributed by atoms with Crippen molar-refractivity contribution in [2.45, 2.75) is 32.4 Å². The van der Waals surface area contributed by atoms with Crippen LogP contribution in [0.1, 0.15) is 25.8 Å². The normalized spacial score (nSPS) is 13.5. The van der Waals surface area contributed by atoms with Gasteiger partial charge in [-0.25, -0.2) is 0 Å². The zero-order chi connectivity index (χ0) is 15.8. The Kier molecular flexibility index (Phi) is 7.27. The monoisotopic (exact) mass is 305 g/mol. The Labute approximate surface area is 131 Å². The summed E-state index contributed by atoms with van der Waals surface area (Å²) in [5, 5.41) is 11.8. The predicted octanol–water partition coefficient (Wildman–Crippen LogP) is 2.96. The second-order valence-electron chi connectivity index (χ2n) is 5.04. The zero-order valence-corrected chi connectivity index (χ0v) is 13.9. The van der Waals surface area contributed by atoms with Crippen molar-refractivity contribution in [1.29, 1.82) is 5.26 Å². The maximum atomic E-state index is 12.3. The number of amides is 1. The first-order valence-corrected chi connectivity index (χ1v) is 8.44. The number of thioether (sulfide) groups is 1. The van der Waals surface area contributed by atoms with Crippen molar-refractivity contribution in [3.63, 3.8) is 0 Å². The van der Waals surface area contributed by atoms with Gasteiger partial charge in [-0.15, -0.1) is 0 Å². The average Bonchev–Trinajstić information content (AvgIpc) is 2.51. The van der Waals surface area contributed by atoms with Crippen molar-refractivity contribution in [3.8, 4) is 6.07 Å². The summed E-state index contributed by atoms with van der Waals surface area (Å²) in [4.78, 5) is 14.4. The van der Waals surface area contributed by atoms with Crippen molar-refractivity contribution in [1.82, 2.24) is 4.90 Å². The van der Waals surface area contributed by atoms with Crippen LogP contribution in [0.15, 0.2) is 24.3 Å². The van der Waals surface area contributed by atoms with E-state index >= 15 is 0 Å². The molecule has 1 rings (SSSR count). The first kappa shape index (κ1) is 17.5. The van der Waals surface area contributed by atoms with E-state index in [0.717, 1.165) is 12.2 Å². The summed E-state index contributed by atoms with van der Waals surface area (Å²) in [6.07, 6.45) is 3.09. The third kappa shape index (κ3) is 5.07. The lowest BCUT2D eigenvalue weighted by Crippen LogP contribution is -2.46. The molecule has 0 saturated heterocycles. The summed E-state index contributed by atoms with van der Waals surface area (Å²) < 4.78 is 0. The standard InChI is InChI=1S/C16H23N3OS/c1-5-15(11-21-4)19(3)12(2)16(20)18-14-8-6-7-13(9-14)10-17/h6-9,12,15H,5,11H2,1-4H3,(H,18,20). The molecule has 0 radical (unpaired) electrons. The summed E-state index contributed by atoms with van der Waals surface area (Å²) in [6, 6.07) is 9.21. The van der Waals surface area contributed by atoms with E-state index < -0.39 is 0 Å². The number of benzene rings is 1. The quantitative estimate of drug-likeness (QED) is 0.841. The Balaban J connectivity index is 2.71. The number of likely N-dealkylation sites (N-methyl/N-ethyl adjacent to an activating group) is 1. The fourth-order valence-electron chi connectivity index (χ4n) is 2.13. The first-order valence-electron chi connectivity index (χ1n) is 7.05. The third-order valence-electron chi connectivity index (χ3n) is 3.66. The average molecular weight is 305 g/mol. The molecular formula is C16H23N3OS. The van der Waals surface area contributed by atoms with Gasteiger partial charge in [-0.3, -0.25) is 9.69 Å². The molecule has 0 aliphatic carbocycles. The van der Waals surface area contributed by atoms with E-state index in [1.165, 1.54) is 0 Å². The van der Waals surface area contributed by atoms with Crippen LogP contribution in [0.4, 0.5) is 5.69 Å². The lowest BCUT2D eigenvalue weighted by molar-refractivity contribution is -0.120. The van der Waals surface area contributed by atoms with Gasteiger partial charge in [0.15, 0.2) is 0 Å². The van der Waals surface area contributed by atoms with Crippen LogP contribution in [0, 0.1) is 11.3 Å². The predicted molar refractivity (Wildman–Crippen MR) is 89.5 cm³/mol. The number of carbonyl (C=O) groups excluding carboxylic acids is 1. The zero-order valence-electron chi connectivity index (χ0n) is 13.1. The molecular weight excluding hydrogens is 282 g/mol. The van der Waals surface area contributed by atoms with E-state index in [1.807, 2.05) is 14.0 Å². The minimum atomic E-state index is -0.215. The van der Waals surface area contributed by atoms with Crippen LogP contribution in [0.5, 0.6) is 0 Å². The molecule has 1 aromatic carbocycles. The van der Waals surface area contributed by atoms with Crippen molar-refractivity contribution in [3.05, 3.63) is 29.8 Å². The van der Waals surface area contributed by atoms with Gasteiger partial charge >= 0.3 is 0 Å². The van der Waals surface area contributed by atoms with Crippen LogP contribution >= 0.6 is 11.8 Å². The molecule has 2 unspecified atom stereocenters. The number of nitrogens with one attached hydrogen (secondary N) is 1. The molecule has 0 saturated carbocycles. The third-order valence-corrected chi connectivity index (χ3v) is 4.37. The number of hydrogen-bond donors (Lipinski definition) is 1. The Hall–Kier alpha value is -1.51. The molecule has 1 N–H and O–H groups in total. The second-order valence-corrected chi connectivity index (χ2v) is 5.95. The van der Waals surface area contributed by atoms with Crippen LogP contribution in [-0.4, -0.2) is 41.9 Å². The van der Waals surface area contributed by atoms with Gasteiger partial charge in [-0.05, 0) is 44.8 Å². The van der Waals surface area contributed by atoms with E-state index in [0.29, 0.717) is 17.3 Å². The Morgan fingerprint density at radius 3 is 2.81 bits per heavy atom. The molecule has 0 bridgehead atoms. The van der Waals surface area contributed by atoms with Gasteiger partial charge in [0, 0.05) is 17.5 Å². The highest BCUT2D eigenvalue weighted by Gasteiger charge is 2.23. The number of anilines is 1. The molecule has 1 amide bonds. The molecule has 114 valence electrons. The van der Waals surface area contributed by atoms with Crippen molar-refractivity contribution < 1.29 is 4.79 Å². The summed E-state index contributed by atoms with van der Waals surface area (Å²) in [5.74, 6) is 0.960. The highest BCUT2D eigenvalue weighted by molar-refractivity contribution is 7.98. The fourth-order valence-corrected chi connectivity index (χ4v) is 2.99. The molecule has 0 aliphatic heterocycles. The van der Waals surface area contributed by atoms with Crippen molar-refractivity contribution >= 4 is 23.4 Å². The molecule has 5 heteroatoms. The number of nitriles is 1. The summed E-state index contributed by atoms with van der Waals surface area (Å²) in [7, 11) is 1.99. The molecule has 0 aromatic heterocycles. The summed E-state index contributed by atoms with van der Waals surface area (Å²) >= 11 is 1.79. The van der Waals surface area contributed by atoms with E-state index in [4.69, 9.17) is 5.26 Å². The van der Waals surface area contributed by atoms with E-state index in [9.17, 15) is 4.79 Å². The van der Waals surface area contributed by atoms with Gasteiger partial charge in [0.25, 0.3) is 0 Å². The summed E-state index contributed by atoms with van der Waals surface area (Å²) in [6.45, 7) is 4.05. The number of rotatable bonds is 7. The van der Waals surface area contributed by atoms with E-state index in [2.05, 4.69) is 29.5 Å². The highest BCUT2D eigenvalue weighted by Crippen LogP contribution is 2.14. The molecule has 1 aromatic rings. The van der Waals surface area contributed by atoms with Gasteiger partial charge in [0.05, 0.1) is 17.7 Å². The Bertz CT molecular complexity index is 512. The van der Waals surface area contributed by atoms with Crippen molar-refractivity contribution in [2.24, 2.45) is 0 Å². The molecule has 21 heavy (non-hydrogen) atoms. The summed E-state index contributed by atoms with van der Waals surface area (Å²) in [5.41, 5.74) is 1.21. The highest BCUT2D eigenvalue weighted by atomic mass is 32.2. The van der Waals surface area contributed by atoms with Crippen LogP contribution in [0.25, 0.3) is 0 Å². The van der Waals surface area contributed by atoms with Crippen LogP contribution in [0.3, 0.4) is 0 Å². The van der Waals surface area contributed by atoms with Crippen LogP contribution < -0.4 is 5.32 Å². The number of nitrogens with zero attached hydrogens (tertiary/aromatic N) is 2. The van der Waals surface area contributed by atoms with Crippen LogP contribution in [-0.2, 0) is 4.79 Å². The lowest BCUT2D eigenvalue weighted by atomic mass is 10.1. The number of hydrogen-bond acceptors (Lipinski definition) is 4. The van der Waals surface area contributed by atoms with Gasteiger partial charge < -0.3 is 5.32 Å². The molecule has 0 fully saturated rings. The van der Waals surface area contributed by atoms with E-state index in [-0.39, 0.29) is 11.9 Å². The Morgan fingerprint density at radius 2 is 2.24 bits per heavy atom. The van der Waals surface area contributed by atoms with Gasteiger partial charge in [-0.2, -0.15) is 17.0 Å². The minimum Gasteiger partial charge on any atom is -0.325 e. The number of carbonyl (C=O) groups is 1. The minimum absolute atomic E-state index is 0.0489. The van der Waals surface area contributed by atoms with Gasteiger partial charge in [0.1, 0.15) is 0 Å². The molecule has 0 aliphatic rings. The second kappa shape index (κ2) is 8.71.